The summed E-state index contributed by atoms with van der Waals surface area (Å²) < 4.78 is 5.39. The lowest BCUT2D eigenvalue weighted by Crippen LogP contribution is -2.24. The number of rotatable bonds is 2. The number of carbonyl (C=O) groups is 1. The monoisotopic (exact) mass is 283 g/mol. The molecule has 0 aliphatic carbocycles. The molecule has 0 N–H and O–H groups in total. The second-order valence-corrected chi connectivity index (χ2v) is 6.20. The molecule has 1 aromatic carbocycles. The highest BCUT2D eigenvalue weighted by molar-refractivity contribution is 5.91. The van der Waals surface area contributed by atoms with Gasteiger partial charge < -0.3 is 4.74 Å². The number of hydrogen-bond donors (Lipinski definition) is 0. The molecular weight excluding hydrogens is 262 g/mol. The van der Waals surface area contributed by atoms with Crippen molar-refractivity contribution in [2.75, 3.05) is 0 Å². The first-order valence-electron chi connectivity index (χ1n) is 7.04. The molecule has 0 aliphatic rings. The lowest BCUT2D eigenvalue weighted by molar-refractivity contribution is 0.00683. The molecule has 110 valence electrons. The summed E-state index contributed by atoms with van der Waals surface area (Å²) in [6.45, 7) is 9.45. The van der Waals surface area contributed by atoms with Gasteiger partial charge in [-0.05, 0) is 46.8 Å². The summed E-state index contributed by atoms with van der Waals surface area (Å²) in [6.07, 6.45) is 0. The van der Waals surface area contributed by atoms with Gasteiger partial charge in [0, 0.05) is 5.56 Å². The summed E-state index contributed by atoms with van der Waals surface area (Å²) in [5, 5.41) is 0. The maximum absolute atomic E-state index is 12.1. The highest BCUT2D eigenvalue weighted by Crippen LogP contribution is 2.21. The van der Waals surface area contributed by atoms with Crippen LogP contribution in [0, 0.1) is 13.8 Å². The van der Waals surface area contributed by atoms with Crippen molar-refractivity contribution in [1.82, 2.24) is 4.98 Å². The van der Waals surface area contributed by atoms with E-state index < -0.39 is 5.60 Å². The zero-order valence-electron chi connectivity index (χ0n) is 13.2. The third-order valence-electron chi connectivity index (χ3n) is 3.05. The van der Waals surface area contributed by atoms with Gasteiger partial charge in [0.05, 0.1) is 17.0 Å². The summed E-state index contributed by atoms with van der Waals surface area (Å²) in [6, 6.07) is 11.8. The van der Waals surface area contributed by atoms with E-state index in [2.05, 4.69) is 4.98 Å². The number of benzene rings is 1. The average molecular weight is 283 g/mol. The Bertz CT molecular complexity index is 652. The maximum Gasteiger partial charge on any atom is 0.340 e. The summed E-state index contributed by atoms with van der Waals surface area (Å²) >= 11 is 0. The van der Waals surface area contributed by atoms with Crippen LogP contribution in [0.3, 0.4) is 0 Å². The molecule has 0 radical (unpaired) electrons. The lowest BCUT2D eigenvalue weighted by atomic mass is 10.1. The average Bonchev–Trinajstić information content (AvgIpc) is 2.37. The number of aromatic nitrogens is 1. The first-order valence-corrected chi connectivity index (χ1v) is 7.04. The number of ether oxygens (including phenoxy) is 1. The Morgan fingerprint density at radius 2 is 1.62 bits per heavy atom. The second kappa shape index (κ2) is 5.68. The molecule has 0 atom stereocenters. The second-order valence-electron chi connectivity index (χ2n) is 6.20. The fourth-order valence-corrected chi connectivity index (χ4v) is 1.99. The molecule has 3 heteroatoms. The fraction of sp³-hybridized carbons (Fsp3) is 0.333. The first kappa shape index (κ1) is 15.2. The van der Waals surface area contributed by atoms with E-state index >= 15 is 0 Å². The van der Waals surface area contributed by atoms with Crippen LogP contribution in [0.4, 0.5) is 0 Å². The van der Waals surface area contributed by atoms with Gasteiger partial charge in [-0.3, -0.25) is 4.98 Å². The minimum atomic E-state index is -0.501. The van der Waals surface area contributed by atoms with Crippen LogP contribution in [0.5, 0.6) is 0 Å². The highest BCUT2D eigenvalue weighted by atomic mass is 16.6. The van der Waals surface area contributed by atoms with Gasteiger partial charge in [-0.25, -0.2) is 4.79 Å². The highest BCUT2D eigenvalue weighted by Gasteiger charge is 2.20. The summed E-state index contributed by atoms with van der Waals surface area (Å²) in [7, 11) is 0. The van der Waals surface area contributed by atoms with E-state index in [1.54, 1.807) is 6.07 Å². The van der Waals surface area contributed by atoms with Gasteiger partial charge in [0.2, 0.25) is 0 Å². The van der Waals surface area contributed by atoms with E-state index in [1.165, 1.54) is 5.56 Å². The first-order chi connectivity index (χ1) is 9.76. The summed E-state index contributed by atoms with van der Waals surface area (Å²) in [5.41, 5.74) is 3.81. The third-order valence-corrected chi connectivity index (χ3v) is 3.05. The van der Waals surface area contributed by atoms with E-state index in [0.29, 0.717) is 11.3 Å². The fourth-order valence-electron chi connectivity index (χ4n) is 1.99. The molecule has 0 spiro atoms. The summed E-state index contributed by atoms with van der Waals surface area (Å²) in [4.78, 5) is 16.6. The van der Waals surface area contributed by atoms with Crippen LogP contribution in [-0.4, -0.2) is 16.6 Å². The zero-order valence-corrected chi connectivity index (χ0v) is 13.2. The van der Waals surface area contributed by atoms with Gasteiger partial charge in [-0.1, -0.05) is 29.8 Å². The van der Waals surface area contributed by atoms with Crippen molar-refractivity contribution in [1.29, 1.82) is 0 Å². The number of pyridine rings is 1. The van der Waals surface area contributed by atoms with Crippen molar-refractivity contribution >= 4 is 5.97 Å². The number of carbonyl (C=O) groups excluding carboxylic acids is 1. The SMILES string of the molecule is Cc1ccc(-c2ccc(C(=O)OC(C)(C)C)c(C)n2)cc1. The van der Waals surface area contributed by atoms with Gasteiger partial charge in [0.25, 0.3) is 0 Å². The predicted octanol–water partition coefficient (Wildman–Crippen LogP) is 4.32. The largest absolute Gasteiger partial charge is 0.456 e. The number of esters is 1. The Kier molecular flexibility index (Phi) is 4.12. The van der Waals surface area contributed by atoms with Crippen LogP contribution in [0.1, 0.15) is 42.4 Å². The molecule has 0 fully saturated rings. The predicted molar refractivity (Wildman–Crippen MR) is 84.3 cm³/mol. The van der Waals surface area contributed by atoms with Crippen molar-refractivity contribution in [3.05, 3.63) is 53.2 Å². The topological polar surface area (TPSA) is 39.2 Å². The molecule has 2 aromatic rings. The van der Waals surface area contributed by atoms with Crippen LogP contribution in [0.2, 0.25) is 0 Å². The van der Waals surface area contributed by atoms with Crippen molar-refractivity contribution in [3.63, 3.8) is 0 Å². The Balaban J connectivity index is 2.29. The van der Waals surface area contributed by atoms with E-state index in [9.17, 15) is 4.79 Å². The summed E-state index contributed by atoms with van der Waals surface area (Å²) in [5.74, 6) is -0.331. The Labute approximate surface area is 126 Å². The molecule has 0 amide bonds. The maximum atomic E-state index is 12.1. The van der Waals surface area contributed by atoms with Crippen LogP contribution in [-0.2, 0) is 4.74 Å². The molecule has 1 heterocycles. The quantitative estimate of drug-likeness (QED) is 0.770. The molecule has 1 aromatic heterocycles. The Hall–Kier alpha value is -2.16. The van der Waals surface area contributed by atoms with Crippen molar-refractivity contribution in [3.8, 4) is 11.3 Å². The number of aryl methyl sites for hydroxylation is 2. The molecule has 0 bridgehead atoms. The van der Waals surface area contributed by atoms with Crippen molar-refractivity contribution < 1.29 is 9.53 Å². The normalized spacial score (nSPS) is 11.3. The lowest BCUT2D eigenvalue weighted by Gasteiger charge is -2.20. The minimum Gasteiger partial charge on any atom is -0.456 e. The van der Waals surface area contributed by atoms with Gasteiger partial charge in [-0.15, -0.1) is 0 Å². The van der Waals surface area contributed by atoms with Crippen molar-refractivity contribution in [2.45, 2.75) is 40.2 Å². The van der Waals surface area contributed by atoms with Crippen LogP contribution >= 0.6 is 0 Å². The van der Waals surface area contributed by atoms with Crippen LogP contribution in [0.15, 0.2) is 36.4 Å². The zero-order chi connectivity index (χ0) is 15.6. The molecule has 0 saturated carbocycles. The molecule has 2 rings (SSSR count). The smallest absolute Gasteiger partial charge is 0.340 e. The molecule has 0 saturated heterocycles. The van der Waals surface area contributed by atoms with Crippen LogP contribution < -0.4 is 0 Å². The van der Waals surface area contributed by atoms with E-state index in [4.69, 9.17) is 4.74 Å². The van der Waals surface area contributed by atoms with Gasteiger partial charge in [0.15, 0.2) is 0 Å². The van der Waals surface area contributed by atoms with E-state index in [0.717, 1.165) is 11.3 Å². The standard InChI is InChI=1S/C18H21NO2/c1-12-6-8-14(9-7-12)16-11-10-15(13(2)19-16)17(20)21-18(3,4)5/h6-11H,1-5H3. The Morgan fingerprint density at radius 3 is 2.14 bits per heavy atom. The molecular formula is C18H21NO2. The minimum absolute atomic E-state index is 0.331. The Morgan fingerprint density at radius 1 is 1.00 bits per heavy atom. The van der Waals surface area contributed by atoms with Crippen molar-refractivity contribution in [2.24, 2.45) is 0 Å². The third kappa shape index (κ3) is 3.91. The van der Waals surface area contributed by atoms with E-state index in [1.807, 2.05) is 65.0 Å². The number of hydrogen-bond acceptors (Lipinski definition) is 3. The molecule has 21 heavy (non-hydrogen) atoms. The van der Waals surface area contributed by atoms with Crippen LogP contribution in [0.25, 0.3) is 11.3 Å². The van der Waals surface area contributed by atoms with Gasteiger partial charge in [0.1, 0.15) is 5.60 Å². The molecule has 3 nitrogen and oxygen atoms in total. The van der Waals surface area contributed by atoms with E-state index in [-0.39, 0.29) is 5.97 Å². The van der Waals surface area contributed by atoms with Gasteiger partial charge >= 0.3 is 5.97 Å². The molecule has 0 unspecified atom stereocenters. The number of nitrogens with zero attached hydrogens (tertiary/aromatic N) is 1. The van der Waals surface area contributed by atoms with Gasteiger partial charge in [-0.2, -0.15) is 0 Å². The molecule has 0 aliphatic heterocycles.